The van der Waals surface area contributed by atoms with E-state index in [9.17, 15) is 10.1 Å². The Kier molecular flexibility index (Phi) is 4.10. The third-order valence-electron chi connectivity index (χ3n) is 4.68. The maximum Gasteiger partial charge on any atom is 0.274 e. The van der Waals surface area contributed by atoms with Gasteiger partial charge in [0, 0.05) is 24.3 Å². The van der Waals surface area contributed by atoms with Crippen molar-refractivity contribution in [2.45, 2.75) is 38.6 Å². The van der Waals surface area contributed by atoms with Gasteiger partial charge in [0.2, 0.25) is 0 Å². The van der Waals surface area contributed by atoms with Crippen LogP contribution in [-0.2, 0) is 0 Å². The highest BCUT2D eigenvalue weighted by molar-refractivity contribution is 5.62. The molecule has 0 atom stereocenters. The SMILES string of the molecule is Cc1c(N(CC2CCNCC2)C2CC2)cccc1[N+](=O)[O-]. The molecule has 21 heavy (non-hydrogen) atoms. The van der Waals surface area contributed by atoms with E-state index < -0.39 is 0 Å². The Balaban J connectivity index is 1.83. The van der Waals surface area contributed by atoms with Crippen molar-refractivity contribution in [1.29, 1.82) is 0 Å². The predicted molar refractivity (Wildman–Crippen MR) is 83.8 cm³/mol. The molecule has 2 fully saturated rings. The van der Waals surface area contributed by atoms with E-state index in [1.807, 2.05) is 19.1 Å². The fourth-order valence-electron chi connectivity index (χ4n) is 3.29. The summed E-state index contributed by atoms with van der Waals surface area (Å²) in [5, 5.41) is 14.6. The first-order valence-corrected chi connectivity index (χ1v) is 7.88. The van der Waals surface area contributed by atoms with Crippen molar-refractivity contribution >= 4 is 11.4 Å². The van der Waals surface area contributed by atoms with Crippen molar-refractivity contribution < 1.29 is 4.92 Å². The molecule has 5 heteroatoms. The average molecular weight is 289 g/mol. The lowest BCUT2D eigenvalue weighted by Crippen LogP contribution is -2.37. The van der Waals surface area contributed by atoms with Crippen molar-refractivity contribution in [2.24, 2.45) is 5.92 Å². The van der Waals surface area contributed by atoms with Crippen LogP contribution in [0, 0.1) is 23.0 Å². The third-order valence-corrected chi connectivity index (χ3v) is 4.68. The van der Waals surface area contributed by atoms with Gasteiger partial charge < -0.3 is 10.2 Å². The largest absolute Gasteiger partial charge is 0.368 e. The van der Waals surface area contributed by atoms with Gasteiger partial charge in [-0.25, -0.2) is 0 Å². The first kappa shape index (κ1) is 14.3. The van der Waals surface area contributed by atoms with Crippen LogP contribution in [0.2, 0.25) is 0 Å². The van der Waals surface area contributed by atoms with Gasteiger partial charge in [-0.1, -0.05) is 6.07 Å². The van der Waals surface area contributed by atoms with Crippen molar-refractivity contribution in [2.75, 3.05) is 24.5 Å². The Morgan fingerprint density at radius 2 is 2.00 bits per heavy atom. The molecule has 1 aromatic carbocycles. The number of hydrogen-bond acceptors (Lipinski definition) is 4. The summed E-state index contributed by atoms with van der Waals surface area (Å²) in [5.41, 5.74) is 2.11. The van der Waals surface area contributed by atoms with Crippen LogP contribution in [0.25, 0.3) is 0 Å². The summed E-state index contributed by atoms with van der Waals surface area (Å²) < 4.78 is 0. The Morgan fingerprint density at radius 3 is 2.62 bits per heavy atom. The third kappa shape index (κ3) is 3.18. The molecule has 1 heterocycles. The van der Waals surface area contributed by atoms with Crippen LogP contribution in [0.15, 0.2) is 18.2 Å². The van der Waals surface area contributed by atoms with Crippen LogP contribution in [0.5, 0.6) is 0 Å². The lowest BCUT2D eigenvalue weighted by molar-refractivity contribution is -0.385. The number of benzene rings is 1. The normalized spacial score (nSPS) is 19.5. The van der Waals surface area contributed by atoms with Gasteiger partial charge in [0.15, 0.2) is 0 Å². The maximum atomic E-state index is 11.2. The number of nitrogens with zero attached hydrogens (tertiary/aromatic N) is 2. The zero-order valence-corrected chi connectivity index (χ0v) is 12.5. The van der Waals surface area contributed by atoms with Crippen LogP contribution in [-0.4, -0.2) is 30.6 Å². The molecule has 114 valence electrons. The summed E-state index contributed by atoms with van der Waals surface area (Å²) in [5.74, 6) is 0.700. The molecule has 0 unspecified atom stereocenters. The maximum absolute atomic E-state index is 11.2. The molecule has 2 aliphatic rings. The van der Waals surface area contributed by atoms with Gasteiger partial charge in [0.25, 0.3) is 5.69 Å². The van der Waals surface area contributed by atoms with Crippen molar-refractivity contribution in [3.8, 4) is 0 Å². The van der Waals surface area contributed by atoms with Crippen LogP contribution < -0.4 is 10.2 Å². The fraction of sp³-hybridized carbons (Fsp3) is 0.625. The first-order valence-electron chi connectivity index (χ1n) is 7.88. The highest BCUT2D eigenvalue weighted by Crippen LogP contribution is 2.37. The molecule has 0 amide bonds. The van der Waals surface area contributed by atoms with E-state index in [1.165, 1.54) is 25.7 Å². The zero-order valence-electron chi connectivity index (χ0n) is 12.5. The Hall–Kier alpha value is -1.62. The van der Waals surface area contributed by atoms with Gasteiger partial charge >= 0.3 is 0 Å². The van der Waals surface area contributed by atoms with E-state index in [4.69, 9.17) is 0 Å². The summed E-state index contributed by atoms with van der Waals surface area (Å²) in [6.07, 6.45) is 4.84. The van der Waals surface area contributed by atoms with Crippen molar-refractivity contribution in [3.05, 3.63) is 33.9 Å². The minimum absolute atomic E-state index is 0.239. The number of rotatable bonds is 5. The summed E-state index contributed by atoms with van der Waals surface area (Å²) >= 11 is 0. The van der Waals surface area contributed by atoms with Crippen LogP contribution in [0.1, 0.15) is 31.2 Å². The molecule has 1 saturated carbocycles. The molecule has 3 rings (SSSR count). The molecule has 0 spiro atoms. The molecular weight excluding hydrogens is 266 g/mol. The molecule has 0 bridgehead atoms. The van der Waals surface area contributed by atoms with E-state index in [1.54, 1.807) is 6.07 Å². The second kappa shape index (κ2) is 6.02. The second-order valence-corrected chi connectivity index (χ2v) is 6.26. The first-order chi connectivity index (χ1) is 10.2. The highest BCUT2D eigenvalue weighted by atomic mass is 16.6. The van der Waals surface area contributed by atoms with Crippen molar-refractivity contribution in [3.63, 3.8) is 0 Å². The summed E-state index contributed by atoms with van der Waals surface area (Å²) in [7, 11) is 0. The van der Waals surface area contributed by atoms with Crippen LogP contribution in [0.4, 0.5) is 11.4 Å². The zero-order chi connectivity index (χ0) is 14.8. The molecule has 1 aromatic rings. The summed E-state index contributed by atoms with van der Waals surface area (Å²) in [6, 6.07) is 6.05. The van der Waals surface area contributed by atoms with Gasteiger partial charge in [0.05, 0.1) is 10.5 Å². The molecule has 0 aromatic heterocycles. The second-order valence-electron chi connectivity index (χ2n) is 6.26. The van der Waals surface area contributed by atoms with Crippen LogP contribution in [0.3, 0.4) is 0 Å². The molecule has 5 nitrogen and oxygen atoms in total. The van der Waals surface area contributed by atoms with Gasteiger partial charge in [-0.2, -0.15) is 0 Å². The summed E-state index contributed by atoms with van der Waals surface area (Å²) in [4.78, 5) is 13.3. The Morgan fingerprint density at radius 1 is 1.29 bits per heavy atom. The molecule has 0 radical (unpaired) electrons. The van der Waals surface area contributed by atoms with Gasteiger partial charge in [-0.05, 0) is 57.7 Å². The quantitative estimate of drug-likeness (QED) is 0.669. The fourth-order valence-corrected chi connectivity index (χ4v) is 3.29. The van der Waals surface area contributed by atoms with E-state index in [0.717, 1.165) is 30.9 Å². The molecule has 1 aliphatic carbocycles. The van der Waals surface area contributed by atoms with Gasteiger partial charge in [-0.3, -0.25) is 10.1 Å². The number of nitro benzene ring substituents is 1. The molecular formula is C16H23N3O2. The van der Waals surface area contributed by atoms with E-state index >= 15 is 0 Å². The smallest absolute Gasteiger partial charge is 0.274 e. The number of piperidine rings is 1. The van der Waals surface area contributed by atoms with Gasteiger partial charge in [0.1, 0.15) is 0 Å². The number of hydrogen-bond donors (Lipinski definition) is 1. The minimum Gasteiger partial charge on any atom is -0.368 e. The summed E-state index contributed by atoms with van der Waals surface area (Å²) in [6.45, 7) is 5.10. The van der Waals surface area contributed by atoms with E-state index in [-0.39, 0.29) is 10.6 Å². The molecule has 1 aliphatic heterocycles. The predicted octanol–water partition coefficient (Wildman–Crippen LogP) is 2.87. The molecule has 1 N–H and O–H groups in total. The van der Waals surface area contributed by atoms with Crippen LogP contribution >= 0.6 is 0 Å². The number of nitrogens with one attached hydrogen (secondary N) is 1. The van der Waals surface area contributed by atoms with E-state index in [2.05, 4.69) is 10.2 Å². The van der Waals surface area contributed by atoms with Gasteiger partial charge in [-0.15, -0.1) is 0 Å². The average Bonchev–Trinajstić information content (AvgIpc) is 3.31. The number of nitro groups is 1. The monoisotopic (exact) mass is 289 g/mol. The number of anilines is 1. The van der Waals surface area contributed by atoms with E-state index in [0.29, 0.717) is 12.0 Å². The Labute approximate surface area is 125 Å². The lowest BCUT2D eigenvalue weighted by atomic mass is 9.96. The minimum atomic E-state index is -0.269. The standard InChI is InChI=1S/C16H23N3O2/c1-12-15(3-2-4-16(12)19(20)21)18(14-5-6-14)11-13-7-9-17-10-8-13/h2-4,13-14,17H,5-11H2,1H3. The highest BCUT2D eigenvalue weighted by Gasteiger charge is 2.33. The lowest BCUT2D eigenvalue weighted by Gasteiger charge is -2.32. The Bertz CT molecular complexity index is 522. The topological polar surface area (TPSA) is 58.4 Å². The van der Waals surface area contributed by atoms with Crippen molar-refractivity contribution in [1.82, 2.24) is 5.32 Å². The molecule has 1 saturated heterocycles.